The second-order valence-electron chi connectivity index (χ2n) is 11.0. The fourth-order valence-corrected chi connectivity index (χ4v) is 7.78. The molecular weight excluding hydrogens is 436 g/mol. The molecule has 7 heteroatoms. The zero-order valence-electron chi connectivity index (χ0n) is 20.6. The Hall–Kier alpha value is -2.28. The Morgan fingerprint density at radius 1 is 1.21 bits per heavy atom. The molecule has 7 atom stereocenters. The Labute approximate surface area is 200 Å². The van der Waals surface area contributed by atoms with Crippen molar-refractivity contribution in [3.8, 4) is 0 Å². The lowest BCUT2D eigenvalue weighted by Crippen LogP contribution is -2.63. The number of ether oxygens (including phenoxy) is 2. The predicted octanol–water partition coefficient (Wildman–Crippen LogP) is 3.48. The lowest BCUT2D eigenvalue weighted by atomic mass is 9.46. The Morgan fingerprint density at radius 2 is 1.94 bits per heavy atom. The van der Waals surface area contributed by atoms with Gasteiger partial charge in [-0.1, -0.05) is 32.4 Å². The van der Waals surface area contributed by atoms with Gasteiger partial charge in [0.05, 0.1) is 6.10 Å². The summed E-state index contributed by atoms with van der Waals surface area (Å²) < 4.78 is 11.1. The third-order valence-corrected chi connectivity index (χ3v) is 9.20. The fraction of sp³-hybridized carbons (Fsp3) is 0.704. The van der Waals surface area contributed by atoms with E-state index < -0.39 is 46.9 Å². The number of hydrogen-bond donors (Lipinski definition) is 1. The maximum absolute atomic E-state index is 13.6. The molecule has 0 aromatic carbocycles. The molecular formula is C27H36O7. The van der Waals surface area contributed by atoms with E-state index in [1.807, 2.05) is 19.9 Å². The van der Waals surface area contributed by atoms with Gasteiger partial charge >= 0.3 is 11.9 Å². The van der Waals surface area contributed by atoms with Crippen LogP contribution >= 0.6 is 0 Å². The highest BCUT2D eigenvalue weighted by Gasteiger charge is 2.70. The van der Waals surface area contributed by atoms with Crippen molar-refractivity contribution >= 4 is 23.5 Å². The lowest BCUT2D eigenvalue weighted by Gasteiger charge is -2.59. The van der Waals surface area contributed by atoms with Crippen LogP contribution < -0.4 is 0 Å². The van der Waals surface area contributed by atoms with Crippen LogP contribution in [0.25, 0.3) is 0 Å². The maximum atomic E-state index is 13.6. The van der Waals surface area contributed by atoms with Crippen LogP contribution in [0.2, 0.25) is 0 Å². The number of esters is 2. The first-order chi connectivity index (χ1) is 16.0. The van der Waals surface area contributed by atoms with Gasteiger partial charge in [0.15, 0.2) is 18.0 Å². The second-order valence-corrected chi connectivity index (χ2v) is 11.0. The Balaban J connectivity index is 1.67. The zero-order valence-corrected chi connectivity index (χ0v) is 20.6. The summed E-state index contributed by atoms with van der Waals surface area (Å²) >= 11 is 0. The van der Waals surface area contributed by atoms with Crippen LogP contribution in [0.4, 0.5) is 0 Å². The van der Waals surface area contributed by atoms with E-state index in [1.165, 1.54) is 6.92 Å². The Kier molecular flexibility index (Phi) is 6.38. The fourth-order valence-electron chi connectivity index (χ4n) is 7.78. The van der Waals surface area contributed by atoms with Gasteiger partial charge in [0, 0.05) is 30.1 Å². The van der Waals surface area contributed by atoms with Gasteiger partial charge in [0.25, 0.3) is 0 Å². The molecule has 3 fully saturated rings. The van der Waals surface area contributed by atoms with Gasteiger partial charge in [-0.15, -0.1) is 0 Å². The number of Topliss-reactive ketones (excluding diaryl/α,β-unsaturated/α-hetero) is 1. The van der Waals surface area contributed by atoms with Gasteiger partial charge in [-0.05, 0) is 62.5 Å². The van der Waals surface area contributed by atoms with Crippen LogP contribution in [0.3, 0.4) is 0 Å². The highest BCUT2D eigenvalue weighted by atomic mass is 16.6. The first-order valence-corrected chi connectivity index (χ1v) is 12.5. The van der Waals surface area contributed by atoms with Gasteiger partial charge in [-0.2, -0.15) is 0 Å². The van der Waals surface area contributed by atoms with Crippen molar-refractivity contribution in [2.75, 3.05) is 6.61 Å². The molecule has 3 saturated carbocycles. The molecule has 0 spiro atoms. The smallest absolute Gasteiger partial charge is 0.306 e. The number of carbonyl (C=O) groups is 4. The number of allylic oxidation sites excluding steroid dienone is 4. The number of carbonyl (C=O) groups excluding carboxylic acids is 4. The van der Waals surface area contributed by atoms with E-state index in [-0.39, 0.29) is 30.0 Å². The van der Waals surface area contributed by atoms with Crippen molar-refractivity contribution in [1.29, 1.82) is 0 Å². The van der Waals surface area contributed by atoms with E-state index in [4.69, 9.17) is 9.47 Å². The first kappa shape index (κ1) is 24.8. The molecule has 4 aliphatic rings. The molecule has 7 nitrogen and oxygen atoms in total. The Morgan fingerprint density at radius 3 is 2.62 bits per heavy atom. The van der Waals surface area contributed by atoms with E-state index in [1.54, 1.807) is 12.2 Å². The molecule has 1 N–H and O–H groups in total. The molecule has 0 amide bonds. The summed E-state index contributed by atoms with van der Waals surface area (Å²) in [6, 6.07) is 0. The summed E-state index contributed by atoms with van der Waals surface area (Å²) in [6.45, 7) is 6.76. The monoisotopic (exact) mass is 472 g/mol. The van der Waals surface area contributed by atoms with Crippen LogP contribution in [-0.2, 0) is 28.7 Å². The summed E-state index contributed by atoms with van der Waals surface area (Å²) in [5.41, 5.74) is -1.56. The Bertz CT molecular complexity index is 964. The van der Waals surface area contributed by atoms with E-state index in [0.29, 0.717) is 25.7 Å². The van der Waals surface area contributed by atoms with Crippen molar-refractivity contribution < 1.29 is 33.8 Å². The molecule has 186 valence electrons. The van der Waals surface area contributed by atoms with Crippen LogP contribution in [0.15, 0.2) is 23.8 Å². The summed E-state index contributed by atoms with van der Waals surface area (Å²) in [6.07, 6.45) is 8.25. The number of hydrogen-bond acceptors (Lipinski definition) is 7. The predicted molar refractivity (Wildman–Crippen MR) is 123 cm³/mol. The van der Waals surface area contributed by atoms with Gasteiger partial charge in [0.1, 0.15) is 0 Å². The van der Waals surface area contributed by atoms with Gasteiger partial charge in [0.2, 0.25) is 5.78 Å². The van der Waals surface area contributed by atoms with Crippen molar-refractivity contribution in [2.45, 2.75) is 84.3 Å². The minimum Gasteiger partial charge on any atom is -0.457 e. The van der Waals surface area contributed by atoms with E-state index in [9.17, 15) is 24.3 Å². The minimum atomic E-state index is -1.43. The van der Waals surface area contributed by atoms with Crippen molar-refractivity contribution in [1.82, 2.24) is 0 Å². The molecule has 0 aliphatic heterocycles. The quantitative estimate of drug-likeness (QED) is 0.590. The average Bonchev–Trinajstić information content (AvgIpc) is 3.04. The standard InChI is InChI=1S/C27H36O7/c1-5-6-23(32)33-15-22(31)27(34-16(2)28)12-10-20-19-8-7-17-13-18(29)9-11-25(17,3)24(19)21(30)14-26(20,27)4/h9,11,13,19-21,24,30H,5-8,10,12,14-15H2,1-4H3/t19-,20-,21?,24+,25-,26-,27-/m0/s1. The number of rotatable bonds is 6. The highest BCUT2D eigenvalue weighted by molar-refractivity contribution is 6.01. The molecule has 0 heterocycles. The normalized spacial score (nSPS) is 40.5. The van der Waals surface area contributed by atoms with Crippen molar-refractivity contribution in [3.63, 3.8) is 0 Å². The van der Waals surface area contributed by atoms with Crippen LogP contribution in [0, 0.1) is 28.6 Å². The largest absolute Gasteiger partial charge is 0.457 e. The van der Waals surface area contributed by atoms with Gasteiger partial charge in [-0.3, -0.25) is 19.2 Å². The lowest BCUT2D eigenvalue weighted by molar-refractivity contribution is -0.199. The second kappa shape index (κ2) is 8.74. The summed E-state index contributed by atoms with van der Waals surface area (Å²) in [7, 11) is 0. The number of aliphatic hydroxyl groups is 1. The van der Waals surface area contributed by atoms with Crippen LogP contribution in [-0.4, -0.2) is 46.9 Å². The third kappa shape index (κ3) is 3.67. The van der Waals surface area contributed by atoms with Gasteiger partial charge < -0.3 is 14.6 Å². The minimum absolute atomic E-state index is 0.0148. The SMILES string of the molecule is CCCC(=O)OCC(=O)[C@@]1(OC(C)=O)CC[C@H]2[C@@H]3CCC4=CC(=O)C=C[C@]4(C)[C@H]3C(O)C[C@@]21C. The molecule has 0 saturated heterocycles. The summed E-state index contributed by atoms with van der Waals surface area (Å²) in [5.74, 6) is -1.34. The van der Waals surface area contributed by atoms with E-state index in [0.717, 1.165) is 18.4 Å². The zero-order chi connectivity index (χ0) is 24.9. The molecule has 4 aliphatic carbocycles. The number of fused-ring (bicyclic) bond motifs is 5. The average molecular weight is 473 g/mol. The molecule has 0 bridgehead atoms. The molecule has 34 heavy (non-hydrogen) atoms. The van der Waals surface area contributed by atoms with Gasteiger partial charge in [-0.25, -0.2) is 0 Å². The molecule has 0 aromatic rings. The molecule has 1 unspecified atom stereocenters. The molecule has 0 aromatic heterocycles. The van der Waals surface area contributed by atoms with Crippen LogP contribution in [0.5, 0.6) is 0 Å². The van der Waals surface area contributed by atoms with E-state index >= 15 is 0 Å². The van der Waals surface area contributed by atoms with Crippen molar-refractivity contribution in [2.24, 2.45) is 28.6 Å². The van der Waals surface area contributed by atoms with E-state index in [2.05, 4.69) is 6.92 Å². The molecule has 0 radical (unpaired) electrons. The van der Waals surface area contributed by atoms with Crippen molar-refractivity contribution in [3.05, 3.63) is 23.8 Å². The summed E-state index contributed by atoms with van der Waals surface area (Å²) in [4.78, 5) is 49.7. The number of ketones is 2. The van der Waals surface area contributed by atoms with Crippen LogP contribution in [0.1, 0.15) is 72.6 Å². The molecule has 4 rings (SSSR count). The highest BCUT2D eigenvalue weighted by Crippen LogP contribution is 2.67. The maximum Gasteiger partial charge on any atom is 0.306 e. The summed E-state index contributed by atoms with van der Waals surface area (Å²) in [5, 5.41) is 11.5. The number of aliphatic hydroxyl groups excluding tert-OH is 1. The first-order valence-electron chi connectivity index (χ1n) is 12.5. The topological polar surface area (TPSA) is 107 Å². The third-order valence-electron chi connectivity index (χ3n) is 9.20.